The molecule has 9 nitrogen and oxygen atoms in total. The van der Waals surface area contributed by atoms with Gasteiger partial charge in [-0.2, -0.15) is 0 Å². The fraction of sp³-hybridized carbons (Fsp3) is 0.591. The maximum absolute atomic E-state index is 12.6. The van der Waals surface area contributed by atoms with Gasteiger partial charge in [-0.15, -0.1) is 10.2 Å². The fourth-order valence-electron chi connectivity index (χ4n) is 3.20. The third kappa shape index (κ3) is 7.99. The zero-order chi connectivity index (χ0) is 22.6. The molecule has 2 aromatic rings. The topological polar surface area (TPSA) is 114 Å². The smallest absolute Gasteiger partial charge is 0.318 e. The third-order valence-electron chi connectivity index (χ3n) is 5.02. The lowest BCUT2D eigenvalue weighted by molar-refractivity contribution is -0.384. The number of nitrogens with zero attached hydrogens (tertiary/aromatic N) is 4. The SMILES string of the molecule is CCCCCCCCCNC(=O)N(Cc1nnc(-c2cccc([N+](=O)[O-])c2)o1)C(C)C. The second kappa shape index (κ2) is 12.7. The van der Waals surface area contributed by atoms with Crippen molar-refractivity contribution in [2.45, 2.75) is 78.3 Å². The summed E-state index contributed by atoms with van der Waals surface area (Å²) in [6, 6.07) is 5.79. The molecule has 0 aliphatic heterocycles. The van der Waals surface area contributed by atoms with Crippen molar-refractivity contribution in [3.8, 4) is 11.5 Å². The number of hydrogen-bond donors (Lipinski definition) is 1. The van der Waals surface area contributed by atoms with Crippen molar-refractivity contribution in [3.05, 3.63) is 40.3 Å². The van der Waals surface area contributed by atoms with E-state index < -0.39 is 4.92 Å². The quantitative estimate of drug-likeness (QED) is 0.261. The van der Waals surface area contributed by atoms with Gasteiger partial charge in [-0.3, -0.25) is 10.1 Å². The number of aromatic nitrogens is 2. The molecular formula is C22H33N5O4. The van der Waals surface area contributed by atoms with E-state index in [2.05, 4.69) is 22.4 Å². The molecule has 1 N–H and O–H groups in total. The van der Waals surface area contributed by atoms with Gasteiger partial charge in [0.1, 0.15) is 6.54 Å². The Bertz CT molecular complexity index is 837. The molecular weight excluding hydrogens is 398 g/mol. The van der Waals surface area contributed by atoms with Gasteiger partial charge in [0, 0.05) is 30.3 Å². The van der Waals surface area contributed by atoms with Crippen LogP contribution in [0.15, 0.2) is 28.7 Å². The lowest BCUT2D eigenvalue weighted by Crippen LogP contribution is -2.43. The van der Waals surface area contributed by atoms with E-state index in [-0.39, 0.29) is 36.1 Å². The van der Waals surface area contributed by atoms with Crippen LogP contribution < -0.4 is 5.32 Å². The van der Waals surface area contributed by atoms with Crippen molar-refractivity contribution < 1.29 is 14.1 Å². The monoisotopic (exact) mass is 431 g/mol. The van der Waals surface area contributed by atoms with Crippen LogP contribution in [0.4, 0.5) is 10.5 Å². The lowest BCUT2D eigenvalue weighted by Gasteiger charge is -2.25. The zero-order valence-electron chi connectivity index (χ0n) is 18.7. The Balaban J connectivity index is 1.87. The molecule has 1 aromatic heterocycles. The summed E-state index contributed by atoms with van der Waals surface area (Å²) in [7, 11) is 0. The summed E-state index contributed by atoms with van der Waals surface area (Å²) in [5.74, 6) is 0.465. The number of unbranched alkanes of at least 4 members (excludes halogenated alkanes) is 6. The number of nitro benzene ring substituents is 1. The van der Waals surface area contributed by atoms with E-state index >= 15 is 0 Å². The van der Waals surface area contributed by atoms with E-state index in [1.54, 1.807) is 17.0 Å². The Morgan fingerprint density at radius 1 is 1.16 bits per heavy atom. The number of carbonyl (C=O) groups is 1. The molecule has 0 unspecified atom stereocenters. The predicted octanol–water partition coefficient (Wildman–Crippen LogP) is 5.32. The number of urea groups is 1. The van der Waals surface area contributed by atoms with Gasteiger partial charge in [-0.05, 0) is 26.3 Å². The number of carbonyl (C=O) groups excluding carboxylic acids is 1. The predicted molar refractivity (Wildman–Crippen MR) is 118 cm³/mol. The molecule has 2 rings (SSSR count). The Hall–Kier alpha value is -2.97. The molecule has 170 valence electrons. The van der Waals surface area contributed by atoms with Crippen molar-refractivity contribution in [2.24, 2.45) is 0 Å². The van der Waals surface area contributed by atoms with Gasteiger partial charge < -0.3 is 14.6 Å². The summed E-state index contributed by atoms with van der Waals surface area (Å²) in [4.78, 5) is 24.7. The van der Waals surface area contributed by atoms with Gasteiger partial charge >= 0.3 is 6.03 Å². The van der Waals surface area contributed by atoms with Crippen LogP contribution >= 0.6 is 0 Å². The first-order valence-corrected chi connectivity index (χ1v) is 11.0. The van der Waals surface area contributed by atoms with E-state index in [0.29, 0.717) is 12.1 Å². The van der Waals surface area contributed by atoms with Crippen LogP contribution in [0, 0.1) is 10.1 Å². The molecule has 0 radical (unpaired) electrons. The van der Waals surface area contributed by atoms with E-state index in [4.69, 9.17) is 4.42 Å². The highest BCUT2D eigenvalue weighted by atomic mass is 16.6. The summed E-state index contributed by atoms with van der Waals surface area (Å²) in [5.41, 5.74) is 0.415. The molecule has 0 spiro atoms. The molecule has 9 heteroatoms. The van der Waals surface area contributed by atoms with Crippen LogP contribution in [0.2, 0.25) is 0 Å². The van der Waals surface area contributed by atoms with Gasteiger partial charge in [0.05, 0.1) is 4.92 Å². The highest BCUT2D eigenvalue weighted by molar-refractivity contribution is 5.74. The van der Waals surface area contributed by atoms with Crippen LogP contribution in [0.3, 0.4) is 0 Å². The van der Waals surface area contributed by atoms with E-state index in [9.17, 15) is 14.9 Å². The maximum atomic E-state index is 12.6. The molecule has 0 aliphatic rings. The van der Waals surface area contributed by atoms with Crippen LogP contribution in [0.25, 0.3) is 11.5 Å². The van der Waals surface area contributed by atoms with Gasteiger partial charge in [0.2, 0.25) is 11.8 Å². The van der Waals surface area contributed by atoms with E-state index in [1.807, 2.05) is 13.8 Å². The van der Waals surface area contributed by atoms with Crippen molar-refractivity contribution in [3.63, 3.8) is 0 Å². The highest BCUT2D eigenvalue weighted by Gasteiger charge is 2.21. The Labute approximate surface area is 183 Å². The highest BCUT2D eigenvalue weighted by Crippen LogP contribution is 2.23. The summed E-state index contributed by atoms with van der Waals surface area (Å²) in [5, 5.41) is 21.9. The minimum absolute atomic E-state index is 0.0502. The number of nitro groups is 1. The average Bonchev–Trinajstić information content (AvgIpc) is 3.22. The van der Waals surface area contributed by atoms with Crippen LogP contribution in [-0.4, -0.2) is 38.6 Å². The molecule has 0 fully saturated rings. The number of nitrogens with one attached hydrogen (secondary N) is 1. The fourth-order valence-corrected chi connectivity index (χ4v) is 3.20. The van der Waals surface area contributed by atoms with Gasteiger partial charge in [0.15, 0.2) is 0 Å². The third-order valence-corrected chi connectivity index (χ3v) is 5.02. The largest absolute Gasteiger partial charge is 0.419 e. The minimum Gasteiger partial charge on any atom is -0.419 e. The molecule has 0 bridgehead atoms. The van der Waals surface area contributed by atoms with Gasteiger partial charge in [0.25, 0.3) is 5.69 Å². The second-order valence-electron chi connectivity index (χ2n) is 7.88. The Morgan fingerprint density at radius 3 is 2.55 bits per heavy atom. The molecule has 0 saturated carbocycles. The van der Waals surface area contributed by atoms with Gasteiger partial charge in [-0.25, -0.2) is 4.79 Å². The van der Waals surface area contributed by atoms with Crippen LogP contribution in [0.1, 0.15) is 71.6 Å². The average molecular weight is 432 g/mol. The molecule has 1 heterocycles. The van der Waals surface area contributed by atoms with Crippen molar-refractivity contribution in [1.82, 2.24) is 20.4 Å². The standard InChI is InChI=1S/C22H33N5O4/c1-4-5-6-7-8-9-10-14-23-22(28)26(17(2)3)16-20-24-25-21(31-20)18-12-11-13-19(15-18)27(29)30/h11-13,15,17H,4-10,14,16H2,1-3H3,(H,23,28). The van der Waals surface area contributed by atoms with Crippen molar-refractivity contribution in [2.75, 3.05) is 6.54 Å². The first kappa shape index (κ1) is 24.3. The first-order valence-electron chi connectivity index (χ1n) is 11.0. The number of hydrogen-bond acceptors (Lipinski definition) is 6. The molecule has 2 amide bonds. The number of non-ortho nitro benzene ring substituents is 1. The van der Waals surface area contributed by atoms with E-state index in [0.717, 1.165) is 12.8 Å². The summed E-state index contributed by atoms with van der Waals surface area (Å²) in [6.45, 7) is 6.86. The maximum Gasteiger partial charge on any atom is 0.318 e. The normalized spacial score (nSPS) is 11.0. The molecule has 1 aromatic carbocycles. The summed E-state index contributed by atoms with van der Waals surface area (Å²) >= 11 is 0. The Kier molecular flexibility index (Phi) is 9.93. The molecule has 0 saturated heterocycles. The number of amides is 2. The second-order valence-corrected chi connectivity index (χ2v) is 7.88. The zero-order valence-corrected chi connectivity index (χ0v) is 18.7. The van der Waals surface area contributed by atoms with Crippen molar-refractivity contribution >= 4 is 11.7 Å². The van der Waals surface area contributed by atoms with Crippen LogP contribution in [0.5, 0.6) is 0 Å². The van der Waals surface area contributed by atoms with E-state index in [1.165, 1.54) is 44.2 Å². The number of rotatable bonds is 13. The summed E-state index contributed by atoms with van der Waals surface area (Å²) < 4.78 is 5.66. The summed E-state index contributed by atoms with van der Waals surface area (Å²) in [6.07, 6.45) is 8.35. The molecule has 0 aliphatic carbocycles. The number of benzene rings is 1. The lowest BCUT2D eigenvalue weighted by atomic mass is 10.1. The Morgan fingerprint density at radius 2 is 1.87 bits per heavy atom. The van der Waals surface area contributed by atoms with Crippen molar-refractivity contribution in [1.29, 1.82) is 0 Å². The molecule has 31 heavy (non-hydrogen) atoms. The molecule has 0 atom stereocenters. The van der Waals surface area contributed by atoms with Crippen LogP contribution in [-0.2, 0) is 6.54 Å². The first-order chi connectivity index (χ1) is 14.9. The minimum atomic E-state index is -0.475. The van der Waals surface area contributed by atoms with Gasteiger partial charge in [-0.1, -0.05) is 51.5 Å².